The number of carbonyl (C=O) groups is 1. The van der Waals surface area contributed by atoms with E-state index in [0.717, 1.165) is 17.5 Å². The Morgan fingerprint density at radius 1 is 1.00 bits per heavy atom. The number of benzene rings is 2. The second kappa shape index (κ2) is 8.01. The van der Waals surface area contributed by atoms with E-state index in [0.29, 0.717) is 12.4 Å². The lowest BCUT2D eigenvalue weighted by Gasteiger charge is -2.06. The summed E-state index contributed by atoms with van der Waals surface area (Å²) in [4.78, 5) is 23.8. The second-order valence-electron chi connectivity index (χ2n) is 5.58. The zero-order valence-electron chi connectivity index (χ0n) is 13.6. The van der Waals surface area contributed by atoms with E-state index in [9.17, 15) is 9.59 Å². The van der Waals surface area contributed by atoms with Crippen LogP contribution in [0.2, 0.25) is 0 Å². The van der Waals surface area contributed by atoms with Crippen molar-refractivity contribution in [3.05, 3.63) is 88.2 Å². The van der Waals surface area contributed by atoms with Crippen LogP contribution in [0.1, 0.15) is 11.1 Å². The predicted molar refractivity (Wildman–Crippen MR) is 95.4 cm³/mol. The zero-order valence-corrected chi connectivity index (χ0v) is 13.6. The fraction of sp³-hybridized carbons (Fsp3) is 0.158. The van der Waals surface area contributed by atoms with Gasteiger partial charge in [0.15, 0.2) is 0 Å². The highest BCUT2D eigenvalue weighted by atomic mass is 16.5. The van der Waals surface area contributed by atoms with Gasteiger partial charge in [0.2, 0.25) is 0 Å². The summed E-state index contributed by atoms with van der Waals surface area (Å²) in [6.45, 7) is 0.676. The largest absolute Gasteiger partial charge is 0.444 e. The number of ether oxygens (including phenoxy) is 1. The lowest BCUT2D eigenvalue weighted by Crippen LogP contribution is -2.17. The van der Waals surface area contributed by atoms with Gasteiger partial charge in [0, 0.05) is 12.6 Å². The minimum absolute atomic E-state index is 0.172. The number of hydrogen-bond donors (Lipinski definition) is 2. The highest BCUT2D eigenvalue weighted by Gasteiger charge is 2.08. The average molecular weight is 337 g/mol. The molecule has 2 aromatic carbocycles. The van der Waals surface area contributed by atoms with Crippen LogP contribution >= 0.6 is 0 Å². The summed E-state index contributed by atoms with van der Waals surface area (Å²) in [5.74, 6) is 0.316. The fourth-order valence-corrected chi connectivity index (χ4v) is 2.42. The number of H-pyrrole nitrogens is 1. The number of hydrogen-bond acceptors (Lipinski definition) is 3. The number of anilines is 1. The van der Waals surface area contributed by atoms with Crippen molar-refractivity contribution < 1.29 is 9.53 Å². The summed E-state index contributed by atoms with van der Waals surface area (Å²) >= 11 is 0. The number of aromatic nitrogens is 2. The highest BCUT2D eigenvalue weighted by Crippen LogP contribution is 2.05. The molecule has 6 heteroatoms. The van der Waals surface area contributed by atoms with Crippen molar-refractivity contribution in [3.8, 4) is 0 Å². The molecule has 128 valence electrons. The van der Waals surface area contributed by atoms with E-state index in [1.807, 2.05) is 60.7 Å². The molecule has 2 N–H and O–H groups in total. The van der Waals surface area contributed by atoms with Crippen molar-refractivity contribution in [1.82, 2.24) is 9.78 Å². The van der Waals surface area contributed by atoms with E-state index in [-0.39, 0.29) is 12.2 Å². The van der Waals surface area contributed by atoms with Gasteiger partial charge in [-0.2, -0.15) is 0 Å². The smallest absolute Gasteiger partial charge is 0.413 e. The molecule has 0 aliphatic heterocycles. The van der Waals surface area contributed by atoms with Gasteiger partial charge in [-0.25, -0.2) is 4.79 Å². The molecule has 3 aromatic rings. The Kier molecular flexibility index (Phi) is 5.31. The molecule has 0 atom stereocenters. The minimum atomic E-state index is -0.611. The third-order valence-electron chi connectivity index (χ3n) is 3.71. The SMILES string of the molecule is O=C(Nc1cc(=O)n(CCc2ccccc2)[nH]1)OCc1ccccc1. The zero-order chi connectivity index (χ0) is 17.5. The van der Waals surface area contributed by atoms with Crippen molar-refractivity contribution in [2.75, 3.05) is 5.32 Å². The predicted octanol–water partition coefficient (Wildman–Crippen LogP) is 3.17. The van der Waals surface area contributed by atoms with Crippen LogP contribution in [0, 0.1) is 0 Å². The van der Waals surface area contributed by atoms with Gasteiger partial charge >= 0.3 is 6.09 Å². The number of nitrogens with zero attached hydrogens (tertiary/aromatic N) is 1. The van der Waals surface area contributed by atoms with E-state index >= 15 is 0 Å². The van der Waals surface area contributed by atoms with Crippen LogP contribution in [0.3, 0.4) is 0 Å². The monoisotopic (exact) mass is 337 g/mol. The van der Waals surface area contributed by atoms with Crippen LogP contribution in [0.25, 0.3) is 0 Å². The Balaban J connectivity index is 1.53. The Labute approximate surface area is 145 Å². The number of aromatic amines is 1. The molecule has 0 fully saturated rings. The molecule has 0 bridgehead atoms. The Morgan fingerprint density at radius 2 is 1.64 bits per heavy atom. The van der Waals surface area contributed by atoms with Gasteiger partial charge in [0.05, 0.1) is 0 Å². The Morgan fingerprint density at radius 3 is 2.32 bits per heavy atom. The minimum Gasteiger partial charge on any atom is -0.444 e. The van der Waals surface area contributed by atoms with E-state index in [1.54, 1.807) is 0 Å². The molecule has 1 amide bonds. The van der Waals surface area contributed by atoms with E-state index < -0.39 is 6.09 Å². The van der Waals surface area contributed by atoms with Crippen LogP contribution < -0.4 is 10.9 Å². The first kappa shape index (κ1) is 16.6. The highest BCUT2D eigenvalue weighted by molar-refractivity contribution is 5.83. The molecule has 0 aliphatic rings. The van der Waals surface area contributed by atoms with Gasteiger partial charge in [-0.15, -0.1) is 0 Å². The normalized spacial score (nSPS) is 10.4. The number of nitrogens with one attached hydrogen (secondary N) is 2. The number of carbonyl (C=O) groups excluding carboxylic acids is 1. The molecule has 0 radical (unpaired) electrons. The van der Waals surface area contributed by atoms with Crippen LogP contribution in [-0.4, -0.2) is 15.9 Å². The molecule has 3 rings (SSSR count). The van der Waals surface area contributed by atoms with Crippen LogP contribution in [0.5, 0.6) is 0 Å². The fourth-order valence-electron chi connectivity index (χ4n) is 2.42. The molecule has 0 spiro atoms. The summed E-state index contributed by atoms with van der Waals surface area (Å²) in [6, 6.07) is 20.6. The van der Waals surface area contributed by atoms with Gasteiger partial charge in [-0.3, -0.25) is 19.9 Å². The molecule has 0 aliphatic carbocycles. The first-order valence-corrected chi connectivity index (χ1v) is 8.02. The number of rotatable bonds is 6. The van der Waals surface area contributed by atoms with E-state index in [1.165, 1.54) is 10.7 Å². The van der Waals surface area contributed by atoms with Crippen LogP contribution in [-0.2, 0) is 24.3 Å². The quantitative estimate of drug-likeness (QED) is 0.725. The first-order chi connectivity index (χ1) is 12.2. The van der Waals surface area contributed by atoms with Crippen molar-refractivity contribution in [2.24, 2.45) is 0 Å². The molecular weight excluding hydrogens is 318 g/mol. The molecule has 25 heavy (non-hydrogen) atoms. The lowest BCUT2D eigenvalue weighted by molar-refractivity contribution is 0.155. The van der Waals surface area contributed by atoms with Gasteiger partial charge in [-0.1, -0.05) is 60.7 Å². The summed E-state index contributed by atoms with van der Waals surface area (Å²) in [6.07, 6.45) is 0.111. The van der Waals surface area contributed by atoms with Gasteiger partial charge < -0.3 is 4.74 Å². The van der Waals surface area contributed by atoms with Crippen LogP contribution in [0.4, 0.5) is 10.6 Å². The molecule has 1 heterocycles. The Bertz CT molecular complexity index is 870. The van der Waals surface area contributed by atoms with Gasteiger partial charge in [0.1, 0.15) is 12.4 Å². The number of amides is 1. The molecule has 0 saturated heterocycles. The van der Waals surface area contributed by atoms with Gasteiger partial charge in [0.25, 0.3) is 5.56 Å². The molecule has 0 saturated carbocycles. The summed E-state index contributed by atoms with van der Waals surface area (Å²) in [5.41, 5.74) is 1.83. The summed E-state index contributed by atoms with van der Waals surface area (Å²) < 4.78 is 6.59. The molecular formula is C19H19N3O3. The topological polar surface area (TPSA) is 76.1 Å². The number of aryl methyl sites for hydroxylation is 2. The first-order valence-electron chi connectivity index (χ1n) is 8.02. The Hall–Kier alpha value is -3.28. The average Bonchev–Trinajstić information content (AvgIpc) is 2.99. The standard InChI is InChI=1S/C19H19N3O3/c23-18-13-17(20-19(24)25-14-16-9-5-2-6-10-16)21-22(18)12-11-15-7-3-1-4-8-15/h1-10,13,21H,11-12,14H2,(H,20,24). The van der Waals surface area contributed by atoms with E-state index in [4.69, 9.17) is 4.74 Å². The van der Waals surface area contributed by atoms with Crippen molar-refractivity contribution in [2.45, 2.75) is 19.6 Å². The van der Waals surface area contributed by atoms with Crippen LogP contribution in [0.15, 0.2) is 71.5 Å². The van der Waals surface area contributed by atoms with Crippen molar-refractivity contribution in [1.29, 1.82) is 0 Å². The maximum absolute atomic E-state index is 12.0. The lowest BCUT2D eigenvalue weighted by atomic mass is 10.1. The third-order valence-corrected chi connectivity index (χ3v) is 3.71. The summed E-state index contributed by atoms with van der Waals surface area (Å²) in [7, 11) is 0. The van der Waals surface area contributed by atoms with E-state index in [2.05, 4.69) is 10.4 Å². The maximum atomic E-state index is 12.0. The molecule has 1 aromatic heterocycles. The maximum Gasteiger partial charge on any atom is 0.413 e. The third kappa shape index (κ3) is 4.84. The second-order valence-corrected chi connectivity index (χ2v) is 5.58. The summed E-state index contributed by atoms with van der Waals surface area (Å²) in [5, 5.41) is 5.41. The molecule has 0 unspecified atom stereocenters. The van der Waals surface area contributed by atoms with Crippen molar-refractivity contribution in [3.63, 3.8) is 0 Å². The molecule has 6 nitrogen and oxygen atoms in total. The van der Waals surface area contributed by atoms with Gasteiger partial charge in [-0.05, 0) is 17.5 Å². The van der Waals surface area contributed by atoms with Crippen molar-refractivity contribution >= 4 is 11.9 Å².